The summed E-state index contributed by atoms with van der Waals surface area (Å²) in [5, 5.41) is 7.70. The molecule has 0 aromatic carbocycles. The predicted octanol–water partition coefficient (Wildman–Crippen LogP) is 2.52. The van der Waals surface area contributed by atoms with Crippen LogP contribution in [0.4, 0.5) is 0 Å². The highest BCUT2D eigenvalue weighted by atomic mass is 16.7. The van der Waals surface area contributed by atoms with Crippen LogP contribution in [0.5, 0.6) is 0 Å². The van der Waals surface area contributed by atoms with Gasteiger partial charge >= 0.3 is 0 Å². The normalized spacial score (nSPS) is 10.7. The smallest absolute Gasteiger partial charge is 0.232 e. The number of pyridine rings is 1. The zero-order valence-electron chi connectivity index (χ0n) is 11.1. The summed E-state index contributed by atoms with van der Waals surface area (Å²) in [6.45, 7) is 7.17. The third kappa shape index (κ3) is 4.09. The van der Waals surface area contributed by atoms with Crippen molar-refractivity contribution in [3.63, 3.8) is 0 Å². The van der Waals surface area contributed by atoms with Crippen LogP contribution < -0.4 is 0 Å². The van der Waals surface area contributed by atoms with Crippen LogP contribution in [0.2, 0.25) is 0 Å². The Labute approximate surface area is 108 Å². The van der Waals surface area contributed by atoms with Gasteiger partial charge in [-0.05, 0) is 32.9 Å². The van der Waals surface area contributed by atoms with Crippen molar-refractivity contribution in [2.75, 3.05) is 19.8 Å². The first-order valence-electron chi connectivity index (χ1n) is 6.14. The number of ether oxygens (including phenoxy) is 3. The fourth-order valence-corrected chi connectivity index (χ4v) is 1.45. The molecule has 0 fully saturated rings. The summed E-state index contributed by atoms with van der Waals surface area (Å²) in [6, 6.07) is 5.37. The Morgan fingerprint density at radius 3 is 2.39 bits per heavy atom. The molecule has 1 heterocycles. The van der Waals surface area contributed by atoms with Crippen molar-refractivity contribution in [1.29, 1.82) is 5.41 Å². The third-order valence-corrected chi connectivity index (χ3v) is 2.17. The molecule has 0 spiro atoms. The van der Waals surface area contributed by atoms with Gasteiger partial charge in [0.05, 0.1) is 12.3 Å². The van der Waals surface area contributed by atoms with Crippen molar-refractivity contribution in [2.45, 2.75) is 27.1 Å². The standard InChI is InChI=1S/C13H20N2O3/c1-4-16-12(14)10-8-7-9-11(15-10)13(17-5-2)18-6-3/h7-9,13-14H,4-6H2,1-3H3. The lowest BCUT2D eigenvalue weighted by molar-refractivity contribution is -0.142. The molecule has 0 saturated heterocycles. The van der Waals surface area contributed by atoms with E-state index < -0.39 is 6.29 Å². The number of aromatic nitrogens is 1. The lowest BCUT2D eigenvalue weighted by Crippen LogP contribution is -2.14. The first-order valence-corrected chi connectivity index (χ1v) is 6.14. The maximum atomic E-state index is 7.70. The number of hydrogen-bond donors (Lipinski definition) is 1. The van der Waals surface area contributed by atoms with Crippen LogP contribution >= 0.6 is 0 Å². The van der Waals surface area contributed by atoms with Crippen molar-refractivity contribution in [2.24, 2.45) is 0 Å². The van der Waals surface area contributed by atoms with Gasteiger partial charge in [-0.15, -0.1) is 0 Å². The predicted molar refractivity (Wildman–Crippen MR) is 68.7 cm³/mol. The molecule has 0 bridgehead atoms. The van der Waals surface area contributed by atoms with E-state index in [1.54, 1.807) is 6.07 Å². The molecule has 0 aliphatic carbocycles. The van der Waals surface area contributed by atoms with Gasteiger partial charge in [-0.25, -0.2) is 4.98 Å². The van der Waals surface area contributed by atoms with Gasteiger partial charge < -0.3 is 14.2 Å². The molecule has 18 heavy (non-hydrogen) atoms. The quantitative estimate of drug-likeness (QED) is 0.460. The van der Waals surface area contributed by atoms with E-state index in [-0.39, 0.29) is 5.90 Å². The van der Waals surface area contributed by atoms with Gasteiger partial charge in [0.1, 0.15) is 5.69 Å². The summed E-state index contributed by atoms with van der Waals surface area (Å²) in [7, 11) is 0. The van der Waals surface area contributed by atoms with Crippen LogP contribution in [0.3, 0.4) is 0 Å². The van der Waals surface area contributed by atoms with E-state index in [9.17, 15) is 0 Å². The number of nitrogens with zero attached hydrogens (tertiary/aromatic N) is 1. The van der Waals surface area contributed by atoms with E-state index >= 15 is 0 Å². The lowest BCUT2D eigenvalue weighted by Gasteiger charge is -2.16. The summed E-state index contributed by atoms with van der Waals surface area (Å²) in [5.41, 5.74) is 1.14. The highest BCUT2D eigenvalue weighted by Crippen LogP contribution is 2.17. The van der Waals surface area contributed by atoms with Crippen molar-refractivity contribution in [1.82, 2.24) is 4.98 Å². The molecule has 1 aromatic rings. The molecule has 100 valence electrons. The summed E-state index contributed by atoms with van der Waals surface area (Å²) >= 11 is 0. The second kappa shape index (κ2) is 7.79. The summed E-state index contributed by atoms with van der Waals surface area (Å²) in [4.78, 5) is 4.33. The van der Waals surface area contributed by atoms with Crippen LogP contribution in [-0.2, 0) is 14.2 Å². The van der Waals surface area contributed by atoms with Crippen LogP contribution in [0.15, 0.2) is 18.2 Å². The van der Waals surface area contributed by atoms with Gasteiger partial charge in [-0.3, -0.25) is 5.41 Å². The van der Waals surface area contributed by atoms with Gasteiger partial charge in [0.2, 0.25) is 12.2 Å². The Hall–Kier alpha value is -1.46. The summed E-state index contributed by atoms with van der Waals surface area (Å²) in [6.07, 6.45) is -0.491. The maximum Gasteiger partial charge on any atom is 0.232 e. The molecule has 1 N–H and O–H groups in total. The number of nitrogens with one attached hydrogen (secondary N) is 1. The molecule has 0 aliphatic rings. The van der Waals surface area contributed by atoms with E-state index in [4.69, 9.17) is 19.6 Å². The SMILES string of the molecule is CCOC(=N)c1cccc(C(OCC)OCC)n1. The van der Waals surface area contributed by atoms with Gasteiger partial charge in [-0.1, -0.05) is 6.07 Å². The minimum Gasteiger partial charge on any atom is -0.477 e. The van der Waals surface area contributed by atoms with E-state index in [0.717, 1.165) is 0 Å². The highest BCUT2D eigenvalue weighted by Gasteiger charge is 2.14. The second-order valence-electron chi connectivity index (χ2n) is 3.45. The Balaban J connectivity index is 2.87. The average molecular weight is 252 g/mol. The molecule has 5 heteroatoms. The lowest BCUT2D eigenvalue weighted by atomic mass is 10.3. The Bertz CT molecular complexity index is 376. The van der Waals surface area contributed by atoms with Crippen molar-refractivity contribution in [3.05, 3.63) is 29.6 Å². The minimum atomic E-state index is -0.491. The fourth-order valence-electron chi connectivity index (χ4n) is 1.45. The zero-order valence-corrected chi connectivity index (χ0v) is 11.1. The largest absolute Gasteiger partial charge is 0.477 e. The van der Waals surface area contributed by atoms with Crippen LogP contribution in [0, 0.1) is 5.41 Å². The number of hydrogen-bond acceptors (Lipinski definition) is 5. The molecule has 1 aromatic heterocycles. The Kier molecular flexibility index (Phi) is 6.32. The van der Waals surface area contributed by atoms with E-state index in [1.165, 1.54) is 0 Å². The van der Waals surface area contributed by atoms with E-state index in [2.05, 4.69) is 4.98 Å². The van der Waals surface area contributed by atoms with Gasteiger partial charge in [0.15, 0.2) is 0 Å². The van der Waals surface area contributed by atoms with E-state index in [1.807, 2.05) is 32.9 Å². The topological polar surface area (TPSA) is 64.4 Å². The molecular weight excluding hydrogens is 232 g/mol. The number of rotatable bonds is 7. The van der Waals surface area contributed by atoms with Crippen molar-refractivity contribution >= 4 is 5.90 Å². The zero-order chi connectivity index (χ0) is 13.4. The average Bonchev–Trinajstić information content (AvgIpc) is 2.39. The van der Waals surface area contributed by atoms with Crippen LogP contribution in [0.1, 0.15) is 38.4 Å². The van der Waals surface area contributed by atoms with Crippen LogP contribution in [-0.4, -0.2) is 30.7 Å². The fraction of sp³-hybridized carbons (Fsp3) is 0.538. The third-order valence-electron chi connectivity index (χ3n) is 2.17. The van der Waals surface area contributed by atoms with Gasteiger partial charge in [0.25, 0.3) is 0 Å². The summed E-state index contributed by atoms with van der Waals surface area (Å²) < 4.78 is 16.1. The molecule has 0 saturated carbocycles. The van der Waals surface area contributed by atoms with Crippen molar-refractivity contribution < 1.29 is 14.2 Å². The molecule has 0 atom stereocenters. The molecule has 1 rings (SSSR count). The molecule has 0 amide bonds. The first kappa shape index (κ1) is 14.6. The maximum absolute atomic E-state index is 7.70. The Morgan fingerprint density at radius 1 is 1.17 bits per heavy atom. The van der Waals surface area contributed by atoms with E-state index in [0.29, 0.717) is 31.2 Å². The second-order valence-corrected chi connectivity index (χ2v) is 3.45. The Morgan fingerprint density at radius 2 is 1.83 bits per heavy atom. The minimum absolute atomic E-state index is 0.0612. The molecule has 0 radical (unpaired) electrons. The molecule has 0 unspecified atom stereocenters. The van der Waals surface area contributed by atoms with Crippen LogP contribution in [0.25, 0.3) is 0 Å². The molecule has 5 nitrogen and oxygen atoms in total. The van der Waals surface area contributed by atoms with Gasteiger partial charge in [0, 0.05) is 13.2 Å². The van der Waals surface area contributed by atoms with Gasteiger partial charge in [-0.2, -0.15) is 0 Å². The molecular formula is C13H20N2O3. The monoisotopic (exact) mass is 252 g/mol. The summed E-state index contributed by atoms with van der Waals surface area (Å²) in [5.74, 6) is 0.0612. The molecule has 0 aliphatic heterocycles. The first-order chi connectivity index (χ1) is 8.72. The highest BCUT2D eigenvalue weighted by molar-refractivity contribution is 5.89. The van der Waals surface area contributed by atoms with Crippen molar-refractivity contribution in [3.8, 4) is 0 Å².